The summed E-state index contributed by atoms with van der Waals surface area (Å²) in [6, 6.07) is 17.9. The van der Waals surface area contributed by atoms with Gasteiger partial charge >= 0.3 is 0 Å². The van der Waals surface area contributed by atoms with Gasteiger partial charge in [0.1, 0.15) is 5.82 Å². The van der Waals surface area contributed by atoms with E-state index in [4.69, 9.17) is 0 Å². The third kappa shape index (κ3) is 4.71. The van der Waals surface area contributed by atoms with Crippen LogP contribution in [0.4, 0.5) is 15.8 Å². The molecule has 0 aromatic heterocycles. The third-order valence-electron chi connectivity index (χ3n) is 3.83. The lowest BCUT2D eigenvalue weighted by Gasteiger charge is -2.09. The Morgan fingerprint density at radius 2 is 1.37 bits per heavy atom. The van der Waals surface area contributed by atoms with E-state index in [2.05, 4.69) is 10.0 Å². The molecular weight excluding hydrogens is 367 g/mol. The molecule has 0 spiro atoms. The zero-order valence-corrected chi connectivity index (χ0v) is 15.3. The van der Waals surface area contributed by atoms with Crippen LogP contribution in [0, 0.1) is 12.7 Å². The minimum atomic E-state index is -3.84. The molecule has 0 aliphatic heterocycles. The minimum absolute atomic E-state index is 0.00119. The molecule has 0 bridgehead atoms. The largest absolute Gasteiger partial charge is 0.322 e. The van der Waals surface area contributed by atoms with Crippen molar-refractivity contribution in [3.63, 3.8) is 0 Å². The first-order valence-electron chi connectivity index (χ1n) is 8.10. The van der Waals surface area contributed by atoms with Crippen molar-refractivity contribution in [3.05, 3.63) is 89.7 Å². The summed E-state index contributed by atoms with van der Waals surface area (Å²) in [5.74, 6) is -0.795. The van der Waals surface area contributed by atoms with Gasteiger partial charge in [0.25, 0.3) is 15.9 Å². The molecule has 5 nitrogen and oxygen atoms in total. The van der Waals surface area contributed by atoms with Gasteiger partial charge in [-0.15, -0.1) is 0 Å². The Morgan fingerprint density at radius 1 is 0.815 bits per heavy atom. The summed E-state index contributed by atoms with van der Waals surface area (Å²) in [5, 5.41) is 2.75. The van der Waals surface area contributed by atoms with Gasteiger partial charge in [-0.05, 0) is 67.6 Å². The average molecular weight is 384 g/mol. The number of rotatable bonds is 5. The molecule has 2 N–H and O–H groups in total. The smallest absolute Gasteiger partial charge is 0.261 e. The molecule has 7 heteroatoms. The van der Waals surface area contributed by atoms with Crippen molar-refractivity contribution in [1.29, 1.82) is 0 Å². The zero-order chi connectivity index (χ0) is 19.4. The number of hydrogen-bond acceptors (Lipinski definition) is 3. The number of hydrogen-bond donors (Lipinski definition) is 2. The topological polar surface area (TPSA) is 75.3 Å². The molecule has 0 atom stereocenters. The summed E-state index contributed by atoms with van der Waals surface area (Å²) >= 11 is 0. The Hall–Kier alpha value is -3.19. The first-order valence-corrected chi connectivity index (χ1v) is 9.58. The number of amides is 1. The Kier molecular flexibility index (Phi) is 5.23. The number of aryl methyl sites for hydroxylation is 1. The number of nitrogens with one attached hydrogen (secondary N) is 2. The van der Waals surface area contributed by atoms with Crippen molar-refractivity contribution in [2.75, 3.05) is 10.0 Å². The fourth-order valence-corrected chi connectivity index (χ4v) is 3.42. The van der Waals surface area contributed by atoms with Crippen molar-refractivity contribution in [2.24, 2.45) is 0 Å². The van der Waals surface area contributed by atoms with Crippen LogP contribution in [-0.2, 0) is 10.0 Å². The molecule has 3 aromatic carbocycles. The van der Waals surface area contributed by atoms with Gasteiger partial charge in [0.05, 0.1) is 4.90 Å². The second-order valence-electron chi connectivity index (χ2n) is 5.96. The number of benzene rings is 3. The van der Waals surface area contributed by atoms with Crippen LogP contribution in [-0.4, -0.2) is 14.3 Å². The highest BCUT2D eigenvalue weighted by Gasteiger charge is 2.15. The normalized spacial score (nSPS) is 11.0. The molecule has 0 aliphatic carbocycles. The summed E-state index contributed by atoms with van der Waals surface area (Å²) in [4.78, 5) is 12.3. The second kappa shape index (κ2) is 7.59. The number of carbonyl (C=O) groups excluding carboxylic acids is 1. The van der Waals surface area contributed by atoms with E-state index in [-0.39, 0.29) is 16.5 Å². The van der Waals surface area contributed by atoms with Crippen molar-refractivity contribution in [2.45, 2.75) is 11.8 Å². The Labute approximate surface area is 156 Å². The molecule has 1 amide bonds. The van der Waals surface area contributed by atoms with Crippen molar-refractivity contribution < 1.29 is 17.6 Å². The van der Waals surface area contributed by atoms with Crippen LogP contribution in [0.2, 0.25) is 0 Å². The Bertz CT molecular complexity index is 1050. The fraction of sp³-hybridized carbons (Fsp3) is 0.0500. The summed E-state index contributed by atoms with van der Waals surface area (Å²) in [7, 11) is -3.84. The molecule has 0 radical (unpaired) electrons. The third-order valence-corrected chi connectivity index (χ3v) is 5.23. The van der Waals surface area contributed by atoms with Gasteiger partial charge in [-0.3, -0.25) is 9.52 Å². The maximum Gasteiger partial charge on any atom is 0.261 e. The number of sulfonamides is 1. The predicted octanol–water partition coefficient (Wildman–Crippen LogP) is 4.19. The van der Waals surface area contributed by atoms with E-state index < -0.39 is 15.8 Å². The Balaban J connectivity index is 1.72. The monoisotopic (exact) mass is 384 g/mol. The summed E-state index contributed by atoms with van der Waals surface area (Å²) in [6.45, 7) is 1.95. The average Bonchev–Trinajstić information content (AvgIpc) is 2.65. The van der Waals surface area contributed by atoms with Crippen molar-refractivity contribution >= 4 is 27.3 Å². The number of carbonyl (C=O) groups is 1. The second-order valence-corrected chi connectivity index (χ2v) is 7.64. The standard InChI is InChI=1S/C20H17FN2O3S/c1-14-2-8-17(9-3-14)22-20(24)15-4-12-19(13-5-15)27(25,26)23-18-10-6-16(21)7-11-18/h2-13,23H,1H3,(H,22,24). The predicted molar refractivity (Wildman–Crippen MR) is 103 cm³/mol. The van der Waals surface area contributed by atoms with Crippen LogP contribution in [0.1, 0.15) is 15.9 Å². The van der Waals surface area contributed by atoms with Gasteiger partial charge in [0.2, 0.25) is 0 Å². The minimum Gasteiger partial charge on any atom is -0.322 e. The maximum atomic E-state index is 12.9. The molecule has 138 valence electrons. The van der Waals surface area contributed by atoms with Crippen LogP contribution in [0.15, 0.2) is 77.7 Å². The van der Waals surface area contributed by atoms with Crippen molar-refractivity contribution in [3.8, 4) is 0 Å². The lowest BCUT2D eigenvalue weighted by Crippen LogP contribution is -2.14. The van der Waals surface area contributed by atoms with E-state index in [0.717, 1.165) is 17.7 Å². The van der Waals surface area contributed by atoms with Crippen LogP contribution < -0.4 is 10.0 Å². The number of anilines is 2. The van der Waals surface area contributed by atoms with E-state index in [0.29, 0.717) is 11.3 Å². The van der Waals surface area contributed by atoms with Gasteiger partial charge in [0, 0.05) is 16.9 Å². The van der Waals surface area contributed by atoms with E-state index in [1.165, 1.54) is 36.4 Å². The molecule has 0 aliphatic rings. The first-order chi connectivity index (χ1) is 12.8. The zero-order valence-electron chi connectivity index (χ0n) is 14.4. The van der Waals surface area contributed by atoms with Crippen LogP contribution in [0.3, 0.4) is 0 Å². The number of halogens is 1. The molecule has 3 rings (SSSR count). The van der Waals surface area contributed by atoms with Gasteiger partial charge < -0.3 is 5.32 Å². The molecule has 3 aromatic rings. The molecule has 0 saturated heterocycles. The van der Waals surface area contributed by atoms with Crippen LogP contribution in [0.5, 0.6) is 0 Å². The van der Waals surface area contributed by atoms with Crippen LogP contribution >= 0.6 is 0 Å². The fourth-order valence-electron chi connectivity index (χ4n) is 2.36. The summed E-state index contributed by atoms with van der Waals surface area (Å²) in [6.07, 6.45) is 0. The van der Waals surface area contributed by atoms with Gasteiger partial charge in [0.15, 0.2) is 0 Å². The lowest BCUT2D eigenvalue weighted by molar-refractivity contribution is 0.102. The van der Waals surface area contributed by atoms with E-state index in [1.807, 2.05) is 19.1 Å². The maximum absolute atomic E-state index is 12.9. The molecule has 0 heterocycles. The Morgan fingerprint density at radius 3 is 1.96 bits per heavy atom. The quantitative estimate of drug-likeness (QED) is 0.693. The summed E-state index contributed by atoms with van der Waals surface area (Å²) in [5.41, 5.74) is 2.31. The molecular formula is C20H17FN2O3S. The first kappa shape index (κ1) is 18.6. The SMILES string of the molecule is Cc1ccc(NC(=O)c2ccc(S(=O)(=O)Nc3ccc(F)cc3)cc2)cc1. The lowest BCUT2D eigenvalue weighted by atomic mass is 10.2. The van der Waals surface area contributed by atoms with Gasteiger partial charge in [-0.2, -0.15) is 0 Å². The molecule has 0 fully saturated rings. The molecule has 0 unspecified atom stereocenters. The molecule has 0 saturated carbocycles. The van der Waals surface area contributed by atoms with E-state index in [1.54, 1.807) is 12.1 Å². The van der Waals surface area contributed by atoms with E-state index >= 15 is 0 Å². The van der Waals surface area contributed by atoms with Gasteiger partial charge in [-0.1, -0.05) is 17.7 Å². The van der Waals surface area contributed by atoms with Gasteiger partial charge in [-0.25, -0.2) is 12.8 Å². The highest BCUT2D eigenvalue weighted by molar-refractivity contribution is 7.92. The van der Waals surface area contributed by atoms with E-state index in [9.17, 15) is 17.6 Å². The highest BCUT2D eigenvalue weighted by atomic mass is 32.2. The highest BCUT2D eigenvalue weighted by Crippen LogP contribution is 2.18. The molecule has 27 heavy (non-hydrogen) atoms. The summed E-state index contributed by atoms with van der Waals surface area (Å²) < 4.78 is 40.1. The van der Waals surface area contributed by atoms with Crippen molar-refractivity contribution in [1.82, 2.24) is 0 Å². The van der Waals surface area contributed by atoms with Crippen LogP contribution in [0.25, 0.3) is 0 Å².